The van der Waals surface area contributed by atoms with Crippen LogP contribution in [-0.2, 0) is 11.3 Å². The molecule has 1 amide bonds. The van der Waals surface area contributed by atoms with Crippen molar-refractivity contribution >= 4 is 11.9 Å². The van der Waals surface area contributed by atoms with E-state index in [1.165, 1.54) is 6.42 Å². The van der Waals surface area contributed by atoms with Crippen molar-refractivity contribution in [1.29, 1.82) is 0 Å². The molecular weight excluding hydrogens is 356 g/mol. The molecule has 0 aliphatic carbocycles. The molecule has 2 fully saturated rings. The van der Waals surface area contributed by atoms with E-state index in [9.17, 15) is 4.79 Å². The largest absolute Gasteiger partial charge is 0.364 e. The standard InChI is InChI=1S/C20H34N6O2/c1-3-21-20(22-8-6-19(27)26-9-4-5-17(2)15-26)25-12-10-24(11-13-25)16-18-7-14-28-23-18/h7,14,17H,3-6,8-13,15-16H2,1-2H3,(H,21,22). The van der Waals surface area contributed by atoms with Crippen LogP contribution in [0, 0.1) is 5.92 Å². The second-order valence-electron chi connectivity index (χ2n) is 7.83. The first-order chi connectivity index (χ1) is 13.7. The van der Waals surface area contributed by atoms with Gasteiger partial charge >= 0.3 is 0 Å². The van der Waals surface area contributed by atoms with E-state index in [-0.39, 0.29) is 5.91 Å². The Bertz CT molecular complexity index is 625. The Labute approximate surface area is 167 Å². The first-order valence-electron chi connectivity index (χ1n) is 10.6. The van der Waals surface area contributed by atoms with Gasteiger partial charge in [0, 0.05) is 64.8 Å². The monoisotopic (exact) mass is 390 g/mol. The number of carbonyl (C=O) groups is 1. The van der Waals surface area contributed by atoms with Gasteiger partial charge in [-0.3, -0.25) is 14.7 Å². The lowest BCUT2D eigenvalue weighted by Gasteiger charge is -2.36. The number of hydrogen-bond donors (Lipinski definition) is 1. The first-order valence-corrected chi connectivity index (χ1v) is 10.6. The van der Waals surface area contributed by atoms with E-state index in [0.717, 1.165) is 70.4 Å². The van der Waals surface area contributed by atoms with E-state index in [1.807, 2.05) is 11.0 Å². The van der Waals surface area contributed by atoms with Crippen molar-refractivity contribution < 1.29 is 9.32 Å². The summed E-state index contributed by atoms with van der Waals surface area (Å²) < 4.78 is 4.91. The minimum atomic E-state index is 0.239. The van der Waals surface area contributed by atoms with Crippen LogP contribution in [0.1, 0.15) is 38.8 Å². The van der Waals surface area contributed by atoms with Gasteiger partial charge in [0.1, 0.15) is 6.26 Å². The van der Waals surface area contributed by atoms with Gasteiger partial charge < -0.3 is 19.6 Å². The van der Waals surface area contributed by atoms with E-state index in [2.05, 4.69) is 34.1 Å². The molecule has 1 unspecified atom stereocenters. The van der Waals surface area contributed by atoms with Crippen LogP contribution in [0.5, 0.6) is 0 Å². The molecule has 1 N–H and O–H groups in total. The maximum absolute atomic E-state index is 12.5. The maximum atomic E-state index is 12.5. The van der Waals surface area contributed by atoms with Crippen molar-refractivity contribution in [2.75, 3.05) is 52.4 Å². The van der Waals surface area contributed by atoms with Crippen molar-refractivity contribution in [2.45, 2.75) is 39.7 Å². The van der Waals surface area contributed by atoms with Crippen LogP contribution < -0.4 is 5.32 Å². The summed E-state index contributed by atoms with van der Waals surface area (Å²) in [6.45, 7) is 12.1. The topological polar surface area (TPSA) is 77.2 Å². The fourth-order valence-electron chi connectivity index (χ4n) is 3.92. The molecule has 2 saturated heterocycles. The summed E-state index contributed by atoms with van der Waals surface area (Å²) in [5.41, 5.74) is 0.972. The summed E-state index contributed by atoms with van der Waals surface area (Å²) in [7, 11) is 0. The normalized spacial score (nSPS) is 21.8. The predicted octanol–water partition coefficient (Wildman–Crippen LogP) is 1.41. The van der Waals surface area contributed by atoms with Crippen molar-refractivity contribution in [2.24, 2.45) is 10.9 Å². The van der Waals surface area contributed by atoms with Gasteiger partial charge in [-0.1, -0.05) is 12.1 Å². The molecule has 28 heavy (non-hydrogen) atoms. The molecule has 0 saturated carbocycles. The Morgan fingerprint density at radius 2 is 2.11 bits per heavy atom. The minimum absolute atomic E-state index is 0.239. The number of nitrogens with one attached hydrogen (secondary N) is 1. The molecule has 2 aliphatic rings. The lowest BCUT2D eigenvalue weighted by Crippen LogP contribution is -2.52. The number of aliphatic imine (C=N–C) groups is 1. The molecule has 1 atom stereocenters. The number of hydrogen-bond acceptors (Lipinski definition) is 5. The molecule has 1 aromatic rings. The molecule has 1 aromatic heterocycles. The molecule has 3 heterocycles. The summed E-state index contributed by atoms with van der Waals surface area (Å²) in [5.74, 6) is 1.78. The summed E-state index contributed by atoms with van der Waals surface area (Å²) in [5, 5.41) is 7.37. The second-order valence-corrected chi connectivity index (χ2v) is 7.83. The van der Waals surface area contributed by atoms with Crippen molar-refractivity contribution in [3.8, 4) is 0 Å². The fraction of sp³-hybridized carbons (Fsp3) is 0.750. The lowest BCUT2D eigenvalue weighted by atomic mass is 10.00. The molecular formula is C20H34N6O2. The van der Waals surface area contributed by atoms with E-state index < -0.39 is 0 Å². The Morgan fingerprint density at radius 3 is 2.79 bits per heavy atom. The Balaban J connectivity index is 1.45. The highest BCUT2D eigenvalue weighted by molar-refractivity contribution is 5.81. The van der Waals surface area contributed by atoms with E-state index in [1.54, 1.807) is 6.26 Å². The van der Waals surface area contributed by atoms with Crippen LogP contribution >= 0.6 is 0 Å². The van der Waals surface area contributed by atoms with Crippen molar-refractivity contribution in [3.63, 3.8) is 0 Å². The molecule has 0 spiro atoms. The predicted molar refractivity (Wildman–Crippen MR) is 109 cm³/mol. The Hall–Kier alpha value is -2.09. The lowest BCUT2D eigenvalue weighted by molar-refractivity contribution is -0.132. The molecule has 3 rings (SSSR count). The number of carbonyl (C=O) groups excluding carboxylic acids is 1. The highest BCUT2D eigenvalue weighted by Crippen LogP contribution is 2.16. The van der Waals surface area contributed by atoms with Gasteiger partial charge in [0.25, 0.3) is 0 Å². The maximum Gasteiger partial charge on any atom is 0.224 e. The summed E-state index contributed by atoms with van der Waals surface area (Å²) in [6, 6.07) is 1.91. The zero-order valence-electron chi connectivity index (χ0n) is 17.3. The number of nitrogens with zero attached hydrogens (tertiary/aromatic N) is 5. The fourth-order valence-corrected chi connectivity index (χ4v) is 3.92. The SMILES string of the molecule is CCNC(=NCCC(=O)N1CCCC(C)C1)N1CCN(Cc2ccon2)CC1. The highest BCUT2D eigenvalue weighted by Gasteiger charge is 2.22. The van der Waals surface area contributed by atoms with E-state index in [4.69, 9.17) is 9.52 Å². The number of amides is 1. The average Bonchev–Trinajstić information content (AvgIpc) is 3.21. The number of rotatable bonds is 6. The minimum Gasteiger partial charge on any atom is -0.364 e. The van der Waals surface area contributed by atoms with Gasteiger partial charge in [0.2, 0.25) is 5.91 Å². The first kappa shape index (κ1) is 20.6. The number of likely N-dealkylation sites (tertiary alicyclic amines) is 1. The third kappa shape index (κ3) is 5.95. The zero-order chi connectivity index (χ0) is 19.8. The van der Waals surface area contributed by atoms with Crippen LogP contribution in [0.3, 0.4) is 0 Å². The second kappa shape index (κ2) is 10.5. The van der Waals surface area contributed by atoms with Gasteiger partial charge in [0.15, 0.2) is 5.96 Å². The average molecular weight is 391 g/mol. The van der Waals surface area contributed by atoms with Gasteiger partial charge in [-0.25, -0.2) is 0 Å². The van der Waals surface area contributed by atoms with Crippen molar-refractivity contribution in [3.05, 3.63) is 18.0 Å². The van der Waals surface area contributed by atoms with Gasteiger partial charge in [-0.15, -0.1) is 0 Å². The summed E-state index contributed by atoms with van der Waals surface area (Å²) >= 11 is 0. The van der Waals surface area contributed by atoms with Crippen LogP contribution in [0.2, 0.25) is 0 Å². The number of piperidine rings is 1. The van der Waals surface area contributed by atoms with Gasteiger partial charge in [-0.2, -0.15) is 0 Å². The summed E-state index contributed by atoms with van der Waals surface area (Å²) in [6.07, 6.45) is 4.47. The third-order valence-corrected chi connectivity index (χ3v) is 5.48. The Kier molecular flexibility index (Phi) is 7.71. The third-order valence-electron chi connectivity index (χ3n) is 5.48. The summed E-state index contributed by atoms with van der Waals surface area (Å²) in [4.78, 5) is 23.9. The van der Waals surface area contributed by atoms with Crippen LogP contribution in [0.25, 0.3) is 0 Å². The molecule has 2 aliphatic heterocycles. The van der Waals surface area contributed by atoms with Crippen LogP contribution in [0.15, 0.2) is 21.8 Å². The molecule has 0 aromatic carbocycles. The van der Waals surface area contributed by atoms with E-state index >= 15 is 0 Å². The van der Waals surface area contributed by atoms with E-state index in [0.29, 0.717) is 18.9 Å². The molecule has 8 heteroatoms. The molecule has 8 nitrogen and oxygen atoms in total. The zero-order valence-corrected chi connectivity index (χ0v) is 17.3. The number of guanidine groups is 1. The van der Waals surface area contributed by atoms with Crippen LogP contribution in [-0.4, -0.2) is 84.1 Å². The number of aromatic nitrogens is 1. The quantitative estimate of drug-likeness (QED) is 0.585. The smallest absolute Gasteiger partial charge is 0.224 e. The van der Waals surface area contributed by atoms with Crippen LogP contribution in [0.4, 0.5) is 0 Å². The molecule has 0 bridgehead atoms. The van der Waals surface area contributed by atoms with Gasteiger partial charge in [-0.05, 0) is 25.7 Å². The Morgan fingerprint density at radius 1 is 1.29 bits per heavy atom. The van der Waals surface area contributed by atoms with Gasteiger partial charge in [0.05, 0.1) is 12.2 Å². The number of piperazine rings is 1. The molecule has 156 valence electrons. The van der Waals surface area contributed by atoms with Crippen molar-refractivity contribution in [1.82, 2.24) is 25.2 Å². The molecule has 0 radical (unpaired) electrons. The highest BCUT2D eigenvalue weighted by atomic mass is 16.5.